The lowest BCUT2D eigenvalue weighted by Crippen LogP contribution is -2.13. The predicted octanol–water partition coefficient (Wildman–Crippen LogP) is 5.48. The molecule has 0 aliphatic heterocycles. The fourth-order valence-corrected chi connectivity index (χ4v) is 4.53. The molecule has 0 radical (unpaired) electrons. The van der Waals surface area contributed by atoms with Crippen molar-refractivity contribution in [3.05, 3.63) is 58.6 Å². The number of halogens is 1. The van der Waals surface area contributed by atoms with Crippen LogP contribution < -0.4 is 14.8 Å². The molecule has 0 unspecified atom stereocenters. The molecule has 136 valence electrons. The van der Waals surface area contributed by atoms with Crippen LogP contribution in [0.2, 0.25) is 0 Å². The van der Waals surface area contributed by atoms with Crippen molar-refractivity contribution in [3.8, 4) is 11.5 Å². The van der Waals surface area contributed by atoms with Gasteiger partial charge in [0.05, 0.1) is 34.5 Å². The number of thiazole rings is 1. The van der Waals surface area contributed by atoms with Crippen molar-refractivity contribution in [2.45, 2.75) is 0 Å². The van der Waals surface area contributed by atoms with Crippen LogP contribution in [0.1, 0.15) is 10.4 Å². The van der Waals surface area contributed by atoms with Gasteiger partial charge < -0.3 is 9.47 Å². The summed E-state index contributed by atoms with van der Waals surface area (Å²) in [5, 5.41) is 5.33. The third-order valence-electron chi connectivity index (χ3n) is 4.21. The first kappa shape index (κ1) is 17.8. The summed E-state index contributed by atoms with van der Waals surface area (Å²) in [5.41, 5.74) is 1.25. The minimum Gasteiger partial charge on any atom is -0.497 e. The van der Waals surface area contributed by atoms with Crippen LogP contribution in [-0.2, 0) is 0 Å². The highest BCUT2D eigenvalue weighted by molar-refractivity contribution is 9.10. The third kappa shape index (κ3) is 3.24. The number of carbonyl (C=O) groups is 1. The number of nitrogens with zero attached hydrogens (tertiary/aromatic N) is 1. The first-order valence-electron chi connectivity index (χ1n) is 8.12. The second kappa shape index (κ2) is 7.17. The Labute approximate surface area is 168 Å². The molecule has 0 spiro atoms. The third-order valence-corrected chi connectivity index (χ3v) is 5.93. The topological polar surface area (TPSA) is 60.5 Å². The molecule has 7 heteroatoms. The van der Waals surface area contributed by atoms with E-state index in [4.69, 9.17) is 9.47 Å². The molecule has 0 aliphatic carbocycles. The highest BCUT2D eigenvalue weighted by atomic mass is 79.9. The summed E-state index contributed by atoms with van der Waals surface area (Å²) in [5.74, 6) is 0.975. The molecule has 0 aliphatic rings. The van der Waals surface area contributed by atoms with Crippen molar-refractivity contribution < 1.29 is 14.3 Å². The molecule has 1 heterocycles. The van der Waals surface area contributed by atoms with E-state index < -0.39 is 0 Å². The number of amides is 1. The molecule has 27 heavy (non-hydrogen) atoms. The summed E-state index contributed by atoms with van der Waals surface area (Å²) in [6, 6.07) is 15.3. The Kier molecular flexibility index (Phi) is 4.72. The number of carbonyl (C=O) groups excluding carboxylic acids is 1. The van der Waals surface area contributed by atoms with Crippen molar-refractivity contribution in [2.24, 2.45) is 0 Å². The Morgan fingerprint density at radius 3 is 2.70 bits per heavy atom. The van der Waals surface area contributed by atoms with E-state index in [2.05, 4.69) is 26.2 Å². The van der Waals surface area contributed by atoms with Crippen molar-refractivity contribution in [1.82, 2.24) is 4.98 Å². The molecule has 0 atom stereocenters. The molecule has 0 bridgehead atoms. The zero-order valence-electron chi connectivity index (χ0n) is 14.6. The van der Waals surface area contributed by atoms with E-state index in [1.165, 1.54) is 11.3 Å². The lowest BCUT2D eigenvalue weighted by Gasteiger charge is -2.12. The molecule has 0 saturated carbocycles. The highest BCUT2D eigenvalue weighted by Gasteiger charge is 2.19. The molecule has 4 rings (SSSR count). The summed E-state index contributed by atoms with van der Waals surface area (Å²) < 4.78 is 12.4. The molecule has 3 aromatic carbocycles. The minimum absolute atomic E-state index is 0.274. The summed E-state index contributed by atoms with van der Waals surface area (Å²) in [6.07, 6.45) is 0. The van der Waals surface area contributed by atoms with Gasteiger partial charge in [0.1, 0.15) is 11.5 Å². The van der Waals surface area contributed by atoms with Crippen molar-refractivity contribution in [2.75, 3.05) is 19.5 Å². The number of nitrogens with one attached hydrogen (secondary N) is 1. The van der Waals surface area contributed by atoms with E-state index in [0.717, 1.165) is 31.2 Å². The summed E-state index contributed by atoms with van der Waals surface area (Å²) in [7, 11) is 3.17. The van der Waals surface area contributed by atoms with Gasteiger partial charge in [-0.25, -0.2) is 4.98 Å². The fourth-order valence-electron chi connectivity index (χ4n) is 2.90. The second-order valence-corrected chi connectivity index (χ2v) is 7.62. The number of methoxy groups -OCH3 is 2. The number of ether oxygens (including phenoxy) is 2. The van der Waals surface area contributed by atoms with Gasteiger partial charge in [0.15, 0.2) is 5.13 Å². The van der Waals surface area contributed by atoms with E-state index in [1.54, 1.807) is 14.2 Å². The lowest BCUT2D eigenvalue weighted by molar-refractivity contribution is 0.102. The largest absolute Gasteiger partial charge is 0.497 e. The van der Waals surface area contributed by atoms with Gasteiger partial charge in [-0.05, 0) is 51.0 Å². The Balaban J connectivity index is 1.72. The quantitative estimate of drug-likeness (QED) is 0.454. The maximum absolute atomic E-state index is 12.9. The molecule has 4 aromatic rings. The standard InChI is InChI=1S/C20H15BrN2O3S/c1-25-12-7-8-15-16(10-12)27-20(22-15)23-19(24)14-9-11-5-3-4-6-13(11)17(21)18(14)26-2/h3-10H,1-2H3,(H,22,23,24). The van der Waals surface area contributed by atoms with Gasteiger partial charge in [-0.3, -0.25) is 10.1 Å². The second-order valence-electron chi connectivity index (χ2n) is 5.80. The average molecular weight is 443 g/mol. The molecular formula is C20H15BrN2O3S. The molecular weight excluding hydrogens is 428 g/mol. The van der Waals surface area contributed by atoms with Gasteiger partial charge in [0, 0.05) is 0 Å². The zero-order chi connectivity index (χ0) is 19.0. The van der Waals surface area contributed by atoms with Gasteiger partial charge in [0.25, 0.3) is 5.91 Å². The van der Waals surface area contributed by atoms with E-state index >= 15 is 0 Å². The van der Waals surface area contributed by atoms with Crippen LogP contribution in [0.25, 0.3) is 21.0 Å². The summed E-state index contributed by atoms with van der Waals surface area (Å²) >= 11 is 4.95. The normalized spacial score (nSPS) is 10.9. The number of aromatic nitrogens is 1. The maximum atomic E-state index is 12.9. The number of benzene rings is 3. The fraction of sp³-hybridized carbons (Fsp3) is 0.100. The average Bonchev–Trinajstić information content (AvgIpc) is 3.09. The van der Waals surface area contributed by atoms with Crippen molar-refractivity contribution in [1.29, 1.82) is 0 Å². The number of hydrogen-bond donors (Lipinski definition) is 1. The van der Waals surface area contributed by atoms with E-state index in [0.29, 0.717) is 16.4 Å². The van der Waals surface area contributed by atoms with E-state index in [-0.39, 0.29) is 5.91 Å². The van der Waals surface area contributed by atoms with Crippen LogP contribution in [-0.4, -0.2) is 25.1 Å². The first-order chi connectivity index (χ1) is 13.1. The van der Waals surface area contributed by atoms with Crippen LogP contribution in [0.4, 0.5) is 5.13 Å². The number of fused-ring (bicyclic) bond motifs is 2. The van der Waals surface area contributed by atoms with Gasteiger partial charge in [-0.2, -0.15) is 0 Å². The van der Waals surface area contributed by atoms with E-state index in [9.17, 15) is 4.79 Å². The van der Waals surface area contributed by atoms with E-state index in [1.807, 2.05) is 48.5 Å². The van der Waals surface area contributed by atoms with Gasteiger partial charge in [0.2, 0.25) is 0 Å². The van der Waals surface area contributed by atoms with Crippen molar-refractivity contribution >= 4 is 59.3 Å². The van der Waals surface area contributed by atoms with Gasteiger partial charge in [-0.15, -0.1) is 0 Å². The summed E-state index contributed by atoms with van der Waals surface area (Å²) in [4.78, 5) is 17.4. The van der Waals surface area contributed by atoms with Crippen LogP contribution >= 0.6 is 27.3 Å². The zero-order valence-corrected chi connectivity index (χ0v) is 17.0. The van der Waals surface area contributed by atoms with Gasteiger partial charge >= 0.3 is 0 Å². The van der Waals surface area contributed by atoms with Crippen molar-refractivity contribution in [3.63, 3.8) is 0 Å². The molecule has 1 N–H and O–H groups in total. The van der Waals surface area contributed by atoms with Crippen LogP contribution in [0, 0.1) is 0 Å². The van der Waals surface area contributed by atoms with Crippen LogP contribution in [0.3, 0.4) is 0 Å². The molecule has 1 amide bonds. The lowest BCUT2D eigenvalue weighted by atomic mass is 10.1. The Morgan fingerprint density at radius 1 is 1.11 bits per heavy atom. The van der Waals surface area contributed by atoms with Crippen LogP contribution in [0.15, 0.2) is 53.0 Å². The highest BCUT2D eigenvalue weighted by Crippen LogP contribution is 2.37. The molecule has 1 aromatic heterocycles. The summed E-state index contributed by atoms with van der Waals surface area (Å²) in [6.45, 7) is 0. The molecule has 5 nitrogen and oxygen atoms in total. The van der Waals surface area contributed by atoms with Crippen LogP contribution in [0.5, 0.6) is 11.5 Å². The molecule has 0 fully saturated rings. The Hall–Kier alpha value is -2.64. The first-order valence-corrected chi connectivity index (χ1v) is 9.73. The van der Waals surface area contributed by atoms with Gasteiger partial charge in [-0.1, -0.05) is 35.6 Å². The number of rotatable bonds is 4. The monoisotopic (exact) mass is 442 g/mol. The smallest absolute Gasteiger partial charge is 0.261 e. The minimum atomic E-state index is -0.274. The maximum Gasteiger partial charge on any atom is 0.261 e. The predicted molar refractivity (Wildman–Crippen MR) is 112 cm³/mol. The Bertz CT molecular complexity index is 1170. The Morgan fingerprint density at radius 2 is 1.93 bits per heavy atom. The molecule has 0 saturated heterocycles. The number of anilines is 1. The number of hydrogen-bond acceptors (Lipinski definition) is 5. The SMILES string of the molecule is COc1ccc2nc(NC(=O)c3cc4ccccc4c(Br)c3OC)sc2c1.